The predicted molar refractivity (Wildman–Crippen MR) is 175 cm³/mol. The molecule has 0 N–H and O–H groups in total. The topological polar surface area (TPSA) is 158 Å². The molecule has 12 nitrogen and oxygen atoms in total. The molecule has 258 valence electrons. The molecule has 1 aliphatic heterocycles. The number of carbonyl (C=O) groups excluding carboxylic acids is 2. The first-order chi connectivity index (χ1) is 23.4. The van der Waals surface area contributed by atoms with E-state index >= 15 is 0 Å². The Balaban J connectivity index is 1.55. The molecule has 0 amide bonds. The fourth-order valence-corrected chi connectivity index (χ4v) is 6.94. The van der Waals surface area contributed by atoms with Crippen LogP contribution in [-0.4, -0.2) is 73.2 Å². The fourth-order valence-electron chi connectivity index (χ4n) is 4.95. The standard InChI is InChI=1S/C35H34O12S2/c1-23-14-18-27(19-15-23)48(38,39)43-22-29-30(45-33(36)25-10-6-4-7-11-25)31(46-34(37)26-12-8-5-9-13-26)32(35(42-3)44-29)47-49(40,41)28-20-16-24(2)17-21-28/h4-21,29-32,35H,22H2,1-3H3/t29-,30+,31-,32-,35+/m0/s1. The fraction of sp³-hybridized carbons (Fsp3) is 0.257. The van der Waals surface area contributed by atoms with Gasteiger partial charge in [-0.25, -0.2) is 9.59 Å². The van der Waals surface area contributed by atoms with E-state index in [-0.39, 0.29) is 20.9 Å². The molecule has 5 atom stereocenters. The molecule has 0 bridgehead atoms. The van der Waals surface area contributed by atoms with Crippen LogP contribution in [-0.2, 0) is 47.5 Å². The molecule has 0 radical (unpaired) electrons. The van der Waals surface area contributed by atoms with Gasteiger partial charge in [-0.2, -0.15) is 16.8 Å². The van der Waals surface area contributed by atoms with E-state index in [1.165, 1.54) is 55.6 Å². The molecule has 5 rings (SSSR count). The maximum atomic E-state index is 13.6. The zero-order chi connectivity index (χ0) is 35.2. The molecule has 1 fully saturated rings. The Morgan fingerprint density at radius 2 is 1.06 bits per heavy atom. The summed E-state index contributed by atoms with van der Waals surface area (Å²) in [5.41, 5.74) is 1.80. The van der Waals surface area contributed by atoms with E-state index in [0.29, 0.717) is 0 Å². The number of hydrogen-bond acceptors (Lipinski definition) is 12. The largest absolute Gasteiger partial charge is 0.452 e. The lowest BCUT2D eigenvalue weighted by atomic mass is 9.98. The van der Waals surface area contributed by atoms with Gasteiger partial charge in [0.2, 0.25) is 0 Å². The van der Waals surface area contributed by atoms with E-state index in [1.807, 2.05) is 0 Å². The lowest BCUT2D eigenvalue weighted by Gasteiger charge is -2.43. The number of aryl methyl sites for hydroxylation is 2. The normalized spacial score (nSPS) is 21.1. The highest BCUT2D eigenvalue weighted by Crippen LogP contribution is 2.33. The molecule has 0 aliphatic carbocycles. The lowest BCUT2D eigenvalue weighted by Crippen LogP contribution is -2.63. The summed E-state index contributed by atoms with van der Waals surface area (Å²) in [4.78, 5) is 26.6. The highest BCUT2D eigenvalue weighted by atomic mass is 32.2. The second-order valence-electron chi connectivity index (χ2n) is 11.1. The second-order valence-corrected chi connectivity index (χ2v) is 14.3. The molecule has 0 aromatic heterocycles. The van der Waals surface area contributed by atoms with Crippen LogP contribution >= 0.6 is 0 Å². The van der Waals surface area contributed by atoms with Crippen LogP contribution in [0.15, 0.2) is 119 Å². The summed E-state index contributed by atoms with van der Waals surface area (Å²) in [6, 6.07) is 27.3. The molecule has 1 heterocycles. The lowest BCUT2D eigenvalue weighted by molar-refractivity contribution is -0.285. The van der Waals surface area contributed by atoms with Crippen molar-refractivity contribution in [1.82, 2.24) is 0 Å². The number of carbonyl (C=O) groups is 2. The third kappa shape index (κ3) is 8.78. The van der Waals surface area contributed by atoms with Gasteiger partial charge in [0.15, 0.2) is 24.6 Å². The monoisotopic (exact) mass is 710 g/mol. The number of benzene rings is 4. The van der Waals surface area contributed by atoms with Crippen LogP contribution in [0.2, 0.25) is 0 Å². The second kappa shape index (κ2) is 15.4. The third-order valence-corrected chi connectivity index (χ3v) is 10.2. The molecule has 0 unspecified atom stereocenters. The SMILES string of the molecule is CO[C@@H]1O[C@@H](COS(=O)(=O)c2ccc(C)cc2)[C@@H](OC(=O)c2ccccc2)[C@H](OC(=O)c2ccccc2)[C@@H]1OS(=O)(=O)c1ccc(C)cc1. The zero-order valence-electron chi connectivity index (χ0n) is 26.7. The Morgan fingerprint density at radius 3 is 1.53 bits per heavy atom. The Kier molecular flexibility index (Phi) is 11.3. The van der Waals surface area contributed by atoms with Gasteiger partial charge in [0, 0.05) is 7.11 Å². The number of esters is 2. The number of rotatable bonds is 12. The van der Waals surface area contributed by atoms with Crippen LogP contribution < -0.4 is 0 Å². The number of ether oxygens (including phenoxy) is 4. The first-order valence-corrected chi connectivity index (χ1v) is 17.9. The molecule has 49 heavy (non-hydrogen) atoms. The Labute approximate surface area is 284 Å². The van der Waals surface area contributed by atoms with Crippen molar-refractivity contribution in [3.63, 3.8) is 0 Å². The molecular weight excluding hydrogens is 677 g/mol. The van der Waals surface area contributed by atoms with Gasteiger partial charge in [0.25, 0.3) is 20.2 Å². The Hall–Kier alpha value is -4.44. The van der Waals surface area contributed by atoms with Crippen molar-refractivity contribution < 1.29 is 53.7 Å². The van der Waals surface area contributed by atoms with Gasteiger partial charge in [-0.1, -0.05) is 71.8 Å². The molecule has 4 aromatic carbocycles. The summed E-state index contributed by atoms with van der Waals surface area (Å²) in [6.45, 7) is 2.82. The highest BCUT2D eigenvalue weighted by molar-refractivity contribution is 7.87. The molecule has 0 spiro atoms. The average Bonchev–Trinajstić information content (AvgIpc) is 3.10. The maximum absolute atomic E-state index is 13.6. The van der Waals surface area contributed by atoms with Gasteiger partial charge >= 0.3 is 11.9 Å². The van der Waals surface area contributed by atoms with Crippen LogP contribution in [0, 0.1) is 13.8 Å². The van der Waals surface area contributed by atoms with Crippen LogP contribution in [0.5, 0.6) is 0 Å². The van der Waals surface area contributed by atoms with Crippen molar-refractivity contribution in [2.75, 3.05) is 13.7 Å². The van der Waals surface area contributed by atoms with Gasteiger partial charge in [0.1, 0.15) is 6.10 Å². The molecule has 0 saturated carbocycles. The minimum atomic E-state index is -4.57. The van der Waals surface area contributed by atoms with Crippen molar-refractivity contribution in [2.45, 2.75) is 54.3 Å². The first-order valence-electron chi connectivity index (χ1n) is 15.0. The molecule has 4 aromatic rings. The van der Waals surface area contributed by atoms with Crippen LogP contribution in [0.3, 0.4) is 0 Å². The summed E-state index contributed by atoms with van der Waals surface area (Å²) >= 11 is 0. The summed E-state index contributed by atoms with van der Waals surface area (Å²) in [5, 5.41) is 0. The minimum Gasteiger partial charge on any atom is -0.452 e. The van der Waals surface area contributed by atoms with Crippen LogP contribution in [0.1, 0.15) is 31.8 Å². The van der Waals surface area contributed by atoms with Crippen LogP contribution in [0.25, 0.3) is 0 Å². The molecule has 1 aliphatic rings. The number of methoxy groups -OCH3 is 1. The van der Waals surface area contributed by atoms with Gasteiger partial charge < -0.3 is 18.9 Å². The van der Waals surface area contributed by atoms with Gasteiger partial charge in [-0.05, 0) is 62.4 Å². The molecule has 14 heteroatoms. The van der Waals surface area contributed by atoms with Crippen LogP contribution in [0.4, 0.5) is 0 Å². The van der Waals surface area contributed by atoms with E-state index in [0.717, 1.165) is 11.1 Å². The summed E-state index contributed by atoms with van der Waals surface area (Å²) < 4.78 is 87.6. The molecular formula is C35H34O12S2. The molecule has 1 saturated heterocycles. The van der Waals surface area contributed by atoms with E-state index in [1.54, 1.807) is 74.5 Å². The maximum Gasteiger partial charge on any atom is 0.338 e. The van der Waals surface area contributed by atoms with E-state index in [4.69, 9.17) is 27.3 Å². The van der Waals surface area contributed by atoms with Crippen molar-refractivity contribution in [3.05, 3.63) is 131 Å². The quantitative estimate of drug-likeness (QED) is 0.149. The van der Waals surface area contributed by atoms with Crippen molar-refractivity contribution in [2.24, 2.45) is 0 Å². The Bertz CT molecular complexity index is 1950. The van der Waals surface area contributed by atoms with Gasteiger partial charge in [-0.15, -0.1) is 0 Å². The third-order valence-electron chi connectivity index (χ3n) is 7.57. The van der Waals surface area contributed by atoms with E-state index in [2.05, 4.69) is 0 Å². The van der Waals surface area contributed by atoms with Crippen molar-refractivity contribution in [3.8, 4) is 0 Å². The average molecular weight is 711 g/mol. The minimum absolute atomic E-state index is 0.0889. The van der Waals surface area contributed by atoms with Gasteiger partial charge in [-0.3, -0.25) is 8.37 Å². The number of hydrogen-bond donors (Lipinski definition) is 0. The van der Waals surface area contributed by atoms with Crippen molar-refractivity contribution >= 4 is 32.2 Å². The summed E-state index contributed by atoms with van der Waals surface area (Å²) in [5.74, 6) is -1.83. The smallest absolute Gasteiger partial charge is 0.338 e. The van der Waals surface area contributed by atoms with Gasteiger partial charge in [0.05, 0.1) is 27.5 Å². The summed E-state index contributed by atoms with van der Waals surface area (Å²) in [7, 11) is -7.75. The highest BCUT2D eigenvalue weighted by Gasteiger charge is 2.53. The first kappa shape index (κ1) is 35.9. The van der Waals surface area contributed by atoms with E-state index in [9.17, 15) is 26.4 Å². The summed E-state index contributed by atoms with van der Waals surface area (Å²) in [6.07, 6.45) is -8.21. The Morgan fingerprint density at radius 1 is 0.612 bits per heavy atom. The van der Waals surface area contributed by atoms with Crippen molar-refractivity contribution in [1.29, 1.82) is 0 Å². The zero-order valence-corrected chi connectivity index (χ0v) is 28.3. The predicted octanol–water partition coefficient (Wildman–Crippen LogP) is 4.61. The van der Waals surface area contributed by atoms with E-state index < -0.39 is 69.5 Å².